The van der Waals surface area contributed by atoms with E-state index in [0.717, 1.165) is 44.9 Å². The molecule has 0 bridgehead atoms. The Morgan fingerprint density at radius 3 is 2.23 bits per heavy atom. The van der Waals surface area contributed by atoms with Crippen LogP contribution in [0.2, 0.25) is 0 Å². The first-order valence-electron chi connectivity index (χ1n) is 13.2. The van der Waals surface area contributed by atoms with E-state index in [2.05, 4.69) is 20.6 Å². The number of carbonyl (C=O) groups is 3. The van der Waals surface area contributed by atoms with Crippen molar-refractivity contribution in [1.82, 2.24) is 5.06 Å². The summed E-state index contributed by atoms with van der Waals surface area (Å²) in [7, 11) is 3.21. The minimum Gasteiger partial charge on any atom is -0.481 e. The topological polar surface area (TPSA) is 117 Å². The maximum atomic E-state index is 13.2. The van der Waals surface area contributed by atoms with Crippen molar-refractivity contribution < 1.29 is 29.4 Å². The number of rotatable bonds is 7. The lowest BCUT2D eigenvalue weighted by Gasteiger charge is -2.67. The van der Waals surface area contributed by atoms with Gasteiger partial charge in [0.1, 0.15) is 0 Å². The van der Waals surface area contributed by atoms with E-state index < -0.39 is 11.9 Å². The number of amides is 1. The Morgan fingerprint density at radius 1 is 1.00 bits per heavy atom. The molecule has 196 valence electrons. The molecule has 4 aliphatic carbocycles. The van der Waals surface area contributed by atoms with Crippen molar-refractivity contribution in [3.05, 3.63) is 0 Å². The fraction of sp³-hybridized carbons (Fsp3) is 0.852. The molecular weight excluding hydrogens is 448 g/mol. The van der Waals surface area contributed by atoms with E-state index in [9.17, 15) is 24.6 Å². The highest BCUT2D eigenvalue weighted by molar-refractivity contribution is 5.79. The van der Waals surface area contributed by atoms with Gasteiger partial charge in [0.05, 0.1) is 12.6 Å². The number of aliphatic carboxylic acids is 2. The molecule has 4 rings (SSSR count). The molecule has 8 heteroatoms. The minimum absolute atomic E-state index is 0.000775. The van der Waals surface area contributed by atoms with Crippen molar-refractivity contribution in [2.24, 2.45) is 51.3 Å². The zero-order chi connectivity index (χ0) is 25.8. The van der Waals surface area contributed by atoms with Gasteiger partial charge in [0, 0.05) is 25.8 Å². The summed E-state index contributed by atoms with van der Waals surface area (Å²) in [4.78, 5) is 46.7. The van der Waals surface area contributed by atoms with Crippen LogP contribution in [0.15, 0.2) is 4.99 Å². The minimum atomic E-state index is -0.865. The largest absolute Gasteiger partial charge is 0.481 e. The van der Waals surface area contributed by atoms with Gasteiger partial charge in [-0.2, -0.15) is 0 Å². The number of carbonyl (C=O) groups excluding carboxylic acids is 1. The predicted molar refractivity (Wildman–Crippen MR) is 131 cm³/mol. The van der Waals surface area contributed by atoms with Crippen molar-refractivity contribution in [2.75, 3.05) is 14.2 Å². The van der Waals surface area contributed by atoms with Crippen LogP contribution in [0, 0.1) is 46.3 Å². The van der Waals surface area contributed by atoms with Crippen molar-refractivity contribution in [3.63, 3.8) is 0 Å². The highest BCUT2D eigenvalue weighted by Crippen LogP contribution is 2.71. The smallest absolute Gasteiger partial charge is 0.303 e. The van der Waals surface area contributed by atoms with Gasteiger partial charge in [-0.3, -0.25) is 24.2 Å². The Hall–Kier alpha value is -1.96. The SMILES string of the molecule is C=N[C@]12CC[C@]3(C)[C@@H](C(=O)N(C)OC)CC[C@H]3[C@@H]1CC[C@H]1CC(CC(=O)O)C(CC(=O)O)C[C@@]12C. The fourth-order valence-corrected chi connectivity index (χ4v) is 9.48. The Balaban J connectivity index is 1.67. The number of hydroxylamine groups is 2. The first kappa shape index (κ1) is 26.1. The Labute approximate surface area is 208 Å². The molecule has 4 fully saturated rings. The van der Waals surface area contributed by atoms with Crippen molar-refractivity contribution in [2.45, 2.75) is 83.6 Å². The zero-order valence-corrected chi connectivity index (χ0v) is 21.7. The van der Waals surface area contributed by atoms with Gasteiger partial charge < -0.3 is 10.2 Å². The Morgan fingerprint density at radius 2 is 1.63 bits per heavy atom. The molecule has 0 saturated heterocycles. The molecule has 2 unspecified atom stereocenters. The van der Waals surface area contributed by atoms with Crippen molar-refractivity contribution in [1.29, 1.82) is 0 Å². The molecule has 0 spiro atoms. The molecule has 0 heterocycles. The van der Waals surface area contributed by atoms with E-state index in [1.165, 1.54) is 12.2 Å². The average molecular weight is 491 g/mol. The number of hydrogen-bond acceptors (Lipinski definition) is 5. The quantitative estimate of drug-likeness (QED) is 0.406. The number of carboxylic acids is 2. The first-order chi connectivity index (χ1) is 16.4. The fourth-order valence-electron chi connectivity index (χ4n) is 9.48. The maximum absolute atomic E-state index is 13.2. The second kappa shape index (κ2) is 9.16. The van der Waals surface area contributed by atoms with Gasteiger partial charge in [0.2, 0.25) is 5.91 Å². The lowest BCUT2D eigenvalue weighted by Crippen LogP contribution is -2.65. The number of aliphatic imine (C=N–C) groups is 1. The molecule has 4 saturated carbocycles. The normalized spacial score (nSPS) is 44.5. The van der Waals surface area contributed by atoms with Crippen molar-refractivity contribution >= 4 is 24.6 Å². The molecule has 0 aromatic carbocycles. The lowest BCUT2D eigenvalue weighted by atomic mass is 9.39. The van der Waals surface area contributed by atoms with E-state index in [1.54, 1.807) is 7.05 Å². The average Bonchev–Trinajstić information content (AvgIpc) is 3.14. The van der Waals surface area contributed by atoms with Crippen LogP contribution in [-0.4, -0.2) is 59.5 Å². The third-order valence-corrected chi connectivity index (χ3v) is 11.2. The number of fused-ring (bicyclic) bond motifs is 5. The molecule has 35 heavy (non-hydrogen) atoms. The van der Waals surface area contributed by atoms with Gasteiger partial charge in [0.25, 0.3) is 0 Å². The van der Waals surface area contributed by atoms with Crippen LogP contribution in [0.1, 0.15) is 78.1 Å². The summed E-state index contributed by atoms with van der Waals surface area (Å²) in [5.41, 5.74) is -0.706. The van der Waals surface area contributed by atoms with Crippen molar-refractivity contribution in [3.8, 4) is 0 Å². The van der Waals surface area contributed by atoms with E-state index in [4.69, 9.17) is 9.83 Å². The number of hydrogen-bond donors (Lipinski definition) is 2. The summed E-state index contributed by atoms with van der Waals surface area (Å²) >= 11 is 0. The van der Waals surface area contributed by atoms with Gasteiger partial charge in [-0.1, -0.05) is 13.8 Å². The highest BCUT2D eigenvalue weighted by Gasteiger charge is 2.68. The molecule has 0 aromatic rings. The van der Waals surface area contributed by atoms with Gasteiger partial charge in [-0.15, -0.1) is 0 Å². The molecular formula is C27H42N2O6. The highest BCUT2D eigenvalue weighted by atomic mass is 16.7. The zero-order valence-electron chi connectivity index (χ0n) is 21.7. The summed E-state index contributed by atoms with van der Waals surface area (Å²) < 4.78 is 0. The van der Waals surface area contributed by atoms with Crippen LogP contribution in [0.5, 0.6) is 0 Å². The second-order valence-electron chi connectivity index (χ2n) is 12.3. The molecule has 2 N–H and O–H groups in total. The standard InChI is InChI=1S/C27H42N2O6/c1-25-10-11-27(28-3)20(19(25)8-9-21(25)24(34)29(4)35-5)7-6-18-12-16(13-22(30)31)17(14-23(32)33)15-26(18,27)2/h16-21H,3,6-15H2,1-2,4-5H3,(H,30,31)(H,32,33)/t16?,17?,18-,19-,20-,21+,25-,26-,27+/m0/s1. The van der Waals surface area contributed by atoms with Gasteiger partial charge in [0.15, 0.2) is 0 Å². The molecule has 0 radical (unpaired) electrons. The third-order valence-electron chi connectivity index (χ3n) is 11.2. The molecule has 0 aliphatic heterocycles. The van der Waals surface area contributed by atoms with E-state index in [1.807, 2.05) is 0 Å². The van der Waals surface area contributed by atoms with Crippen LogP contribution >= 0.6 is 0 Å². The summed E-state index contributed by atoms with van der Waals surface area (Å²) in [6, 6.07) is 0. The van der Waals surface area contributed by atoms with Gasteiger partial charge >= 0.3 is 11.9 Å². The van der Waals surface area contributed by atoms with E-state index in [-0.39, 0.29) is 52.9 Å². The molecule has 1 amide bonds. The molecule has 8 nitrogen and oxygen atoms in total. The Kier molecular flexibility index (Phi) is 6.84. The number of carboxylic acid groups (broad SMARTS) is 2. The Bertz CT molecular complexity index is 893. The summed E-state index contributed by atoms with van der Waals surface area (Å²) in [6.45, 7) is 8.68. The second-order valence-corrected chi connectivity index (χ2v) is 12.3. The molecule has 4 aliphatic rings. The monoisotopic (exact) mass is 490 g/mol. The number of nitrogens with zero attached hydrogens (tertiary/aromatic N) is 2. The van der Waals surface area contributed by atoms with Crippen LogP contribution in [-0.2, 0) is 19.2 Å². The van der Waals surface area contributed by atoms with Crippen LogP contribution in [0.3, 0.4) is 0 Å². The summed E-state index contributed by atoms with van der Waals surface area (Å²) in [6.07, 6.45) is 6.99. The van der Waals surface area contributed by atoms with Crippen LogP contribution < -0.4 is 0 Å². The summed E-state index contributed by atoms with van der Waals surface area (Å²) in [5, 5.41) is 20.5. The first-order valence-corrected chi connectivity index (χ1v) is 13.2. The van der Waals surface area contributed by atoms with Gasteiger partial charge in [-0.05, 0) is 98.5 Å². The van der Waals surface area contributed by atoms with Gasteiger partial charge in [-0.25, -0.2) is 5.06 Å². The van der Waals surface area contributed by atoms with E-state index in [0.29, 0.717) is 24.2 Å². The predicted octanol–water partition coefficient (Wildman–Crippen LogP) is 4.28. The summed E-state index contributed by atoms with van der Waals surface area (Å²) in [5.74, 6) is -1.08. The van der Waals surface area contributed by atoms with Crippen LogP contribution in [0.4, 0.5) is 0 Å². The molecule has 0 aromatic heterocycles. The molecule has 9 atom stereocenters. The maximum Gasteiger partial charge on any atom is 0.303 e. The lowest BCUT2D eigenvalue weighted by molar-refractivity contribution is -0.183. The van der Waals surface area contributed by atoms with Crippen LogP contribution in [0.25, 0.3) is 0 Å². The third kappa shape index (κ3) is 3.91. The van der Waals surface area contributed by atoms with E-state index >= 15 is 0 Å².